The van der Waals surface area contributed by atoms with Crippen LogP contribution in [0.5, 0.6) is 0 Å². The third-order valence-electron chi connectivity index (χ3n) is 3.32. The second kappa shape index (κ2) is 7.51. The molecule has 0 N–H and O–H groups in total. The van der Waals surface area contributed by atoms with E-state index in [4.69, 9.17) is 23.4 Å². The summed E-state index contributed by atoms with van der Waals surface area (Å²) in [4.78, 5) is 22.3. The molecule has 2 aromatic rings. The Balaban J connectivity index is 2.69. The smallest absolute Gasteiger partial charge is 0.258 e. The summed E-state index contributed by atoms with van der Waals surface area (Å²) in [6.45, 7) is 0. The monoisotopic (exact) mass is 464 g/mol. The second-order valence-corrected chi connectivity index (χ2v) is 5.92. The van der Waals surface area contributed by atoms with E-state index in [-0.39, 0.29) is 16.6 Å². The number of aromatic nitrogens is 1. The molecule has 0 spiro atoms. The van der Waals surface area contributed by atoms with Gasteiger partial charge in [0.2, 0.25) is 5.56 Å². The Morgan fingerprint density at radius 3 is 1.76 bits per heavy atom. The molecule has 0 saturated carbocycles. The maximum absolute atomic E-state index is 13.1. The van der Waals surface area contributed by atoms with Crippen molar-refractivity contribution in [3.8, 4) is 0 Å². The number of halogens is 8. The minimum Gasteiger partial charge on any atom is -0.258 e. The molecule has 2 rings (SSSR count). The van der Waals surface area contributed by atoms with Gasteiger partial charge in [-0.1, -0.05) is 11.6 Å². The van der Waals surface area contributed by atoms with Gasteiger partial charge >= 0.3 is 12.4 Å². The first-order chi connectivity index (χ1) is 13.1. The molecule has 0 atom stereocenters. The number of pyridine rings is 1. The lowest BCUT2D eigenvalue weighted by molar-refractivity contribution is -0.399. The number of alkyl halides is 6. The molecule has 0 unspecified atom stereocenters. The van der Waals surface area contributed by atoms with Crippen LogP contribution in [0.25, 0.3) is 0 Å². The van der Waals surface area contributed by atoms with Gasteiger partial charge in [-0.15, -0.1) is 0 Å². The Labute approximate surface area is 165 Å². The van der Waals surface area contributed by atoms with E-state index >= 15 is 0 Å². The molecule has 16 heteroatoms. The average Bonchev–Trinajstić information content (AvgIpc) is 2.58. The fourth-order valence-electron chi connectivity index (χ4n) is 2.14. The molecule has 0 aliphatic heterocycles. The Kier molecular flexibility index (Phi) is 5.81. The van der Waals surface area contributed by atoms with Gasteiger partial charge in [-0.05, 0) is 6.07 Å². The molecule has 1 aromatic heterocycles. The summed E-state index contributed by atoms with van der Waals surface area (Å²) >= 11 is 11.5. The molecule has 0 amide bonds. The van der Waals surface area contributed by atoms with Crippen molar-refractivity contribution in [1.82, 2.24) is 4.98 Å². The zero-order chi connectivity index (χ0) is 22.3. The van der Waals surface area contributed by atoms with Crippen molar-refractivity contribution < 1.29 is 36.2 Å². The summed E-state index contributed by atoms with van der Waals surface area (Å²) in [7, 11) is 0. The molecule has 29 heavy (non-hydrogen) atoms. The average molecular weight is 465 g/mol. The highest BCUT2D eigenvalue weighted by atomic mass is 35.5. The van der Waals surface area contributed by atoms with Crippen LogP contribution < -0.4 is 4.42 Å². The first kappa shape index (κ1) is 22.4. The van der Waals surface area contributed by atoms with E-state index in [1.165, 1.54) is 0 Å². The minimum absolute atomic E-state index is 0.249. The number of hydrogen-bond acceptors (Lipinski definition) is 6. The molecule has 0 aliphatic rings. The van der Waals surface area contributed by atoms with Crippen LogP contribution in [-0.4, -0.2) is 14.8 Å². The van der Waals surface area contributed by atoms with Crippen LogP contribution in [0.3, 0.4) is 0 Å². The number of benzene rings is 1. The Morgan fingerprint density at radius 2 is 1.41 bits per heavy atom. The third kappa shape index (κ3) is 4.59. The molecular weight excluding hydrogens is 461 g/mol. The van der Waals surface area contributed by atoms with E-state index in [1.54, 1.807) is 0 Å². The molecule has 1 aromatic carbocycles. The van der Waals surface area contributed by atoms with Crippen LogP contribution >= 0.6 is 23.4 Å². The summed E-state index contributed by atoms with van der Waals surface area (Å²) in [6, 6.07) is 0.892. The summed E-state index contributed by atoms with van der Waals surface area (Å²) in [6.07, 6.45) is -9.98. The van der Waals surface area contributed by atoms with Crippen molar-refractivity contribution >= 4 is 46.3 Å². The number of nitro benzene ring substituents is 2. The van der Waals surface area contributed by atoms with Crippen LogP contribution in [0.4, 0.5) is 49.2 Å². The molecule has 0 radical (unpaired) electrons. The summed E-state index contributed by atoms with van der Waals surface area (Å²) in [5, 5.41) is 21.3. The number of anilines is 2. The largest absolute Gasteiger partial charge is 0.429 e. The van der Waals surface area contributed by atoms with Gasteiger partial charge < -0.3 is 0 Å². The zero-order valence-corrected chi connectivity index (χ0v) is 14.8. The van der Waals surface area contributed by atoms with Gasteiger partial charge in [0.25, 0.3) is 11.4 Å². The Bertz CT molecular complexity index is 963. The topological polar surface area (TPSA) is 102 Å². The van der Waals surface area contributed by atoms with Crippen molar-refractivity contribution in [3.63, 3.8) is 0 Å². The number of nitrogens with zero attached hydrogens (tertiary/aromatic N) is 4. The van der Waals surface area contributed by atoms with Crippen LogP contribution in [-0.2, 0) is 12.4 Å². The van der Waals surface area contributed by atoms with Gasteiger partial charge in [-0.3, -0.25) is 20.2 Å². The SMILES string of the molecule is O=[N+]([O-])c1cc(N(Cl)c2ncc(C(F)(F)F)cc2Cl)cc([N+](=O)[O-])c1C(F)(F)F. The molecule has 0 saturated heterocycles. The van der Waals surface area contributed by atoms with E-state index < -0.39 is 61.2 Å². The minimum atomic E-state index is -5.45. The lowest BCUT2D eigenvalue weighted by Crippen LogP contribution is -2.14. The van der Waals surface area contributed by atoms with E-state index in [1.807, 2.05) is 0 Å². The number of rotatable bonds is 4. The highest BCUT2D eigenvalue weighted by Crippen LogP contribution is 2.46. The fourth-order valence-corrected chi connectivity index (χ4v) is 2.67. The predicted octanol–water partition coefficient (Wildman–Crippen LogP) is 5.88. The Morgan fingerprint density at radius 1 is 0.931 bits per heavy atom. The normalized spacial score (nSPS) is 12.0. The van der Waals surface area contributed by atoms with E-state index in [0.29, 0.717) is 12.3 Å². The van der Waals surface area contributed by atoms with Crippen LogP contribution in [0.1, 0.15) is 11.1 Å². The van der Waals surface area contributed by atoms with Crippen LogP contribution in [0.15, 0.2) is 24.4 Å². The molecular formula is C13H4Cl2F6N4O4. The van der Waals surface area contributed by atoms with Gasteiger partial charge in [0.15, 0.2) is 5.82 Å². The highest BCUT2D eigenvalue weighted by Gasteiger charge is 2.46. The zero-order valence-electron chi connectivity index (χ0n) is 13.3. The Hall–Kier alpha value is -2.87. The quantitative estimate of drug-likeness (QED) is 0.242. The molecule has 0 fully saturated rings. The van der Waals surface area contributed by atoms with Crippen molar-refractivity contribution in [3.05, 3.63) is 60.8 Å². The lowest BCUT2D eigenvalue weighted by atomic mass is 10.1. The predicted molar refractivity (Wildman–Crippen MR) is 87.0 cm³/mol. The fraction of sp³-hybridized carbons (Fsp3) is 0.154. The third-order valence-corrected chi connectivity index (χ3v) is 3.95. The van der Waals surface area contributed by atoms with E-state index in [2.05, 4.69) is 4.98 Å². The van der Waals surface area contributed by atoms with Gasteiger partial charge in [-0.25, -0.2) is 9.40 Å². The lowest BCUT2D eigenvalue weighted by Gasteiger charge is -2.18. The molecule has 0 bridgehead atoms. The van der Waals surface area contributed by atoms with Crippen molar-refractivity contribution in [1.29, 1.82) is 0 Å². The summed E-state index contributed by atoms with van der Waals surface area (Å²) in [5.74, 6) is -0.662. The molecule has 8 nitrogen and oxygen atoms in total. The molecule has 1 heterocycles. The van der Waals surface area contributed by atoms with Crippen molar-refractivity contribution in [2.24, 2.45) is 0 Å². The number of hydrogen-bond donors (Lipinski definition) is 0. The maximum Gasteiger partial charge on any atom is 0.429 e. The first-order valence-corrected chi connectivity index (χ1v) is 7.59. The highest BCUT2D eigenvalue weighted by molar-refractivity contribution is 6.37. The first-order valence-electron chi connectivity index (χ1n) is 6.87. The standard InChI is InChI=1S/C13H4Cl2F6N4O4/c14-7-1-5(12(16,17)18)4-22-11(7)23(15)6-2-8(24(26)27)10(13(19,20)21)9(3-6)25(28)29/h1-4H. The van der Waals surface area contributed by atoms with Crippen molar-refractivity contribution in [2.45, 2.75) is 12.4 Å². The van der Waals surface area contributed by atoms with Crippen LogP contribution in [0.2, 0.25) is 5.02 Å². The molecule has 0 aliphatic carbocycles. The van der Waals surface area contributed by atoms with Gasteiger partial charge in [-0.2, -0.15) is 26.3 Å². The van der Waals surface area contributed by atoms with Gasteiger partial charge in [0, 0.05) is 30.1 Å². The van der Waals surface area contributed by atoms with Gasteiger partial charge in [0.1, 0.15) is 0 Å². The summed E-state index contributed by atoms with van der Waals surface area (Å²) < 4.78 is 77.6. The van der Waals surface area contributed by atoms with Crippen molar-refractivity contribution in [2.75, 3.05) is 4.42 Å². The van der Waals surface area contributed by atoms with E-state index in [9.17, 15) is 46.6 Å². The maximum atomic E-state index is 13.1. The second-order valence-electron chi connectivity index (χ2n) is 5.18. The number of nitro groups is 2. The van der Waals surface area contributed by atoms with Crippen LogP contribution in [0, 0.1) is 20.2 Å². The molecule has 156 valence electrons. The van der Waals surface area contributed by atoms with Gasteiger partial charge in [0.05, 0.1) is 26.1 Å². The van der Waals surface area contributed by atoms with E-state index in [0.717, 1.165) is 0 Å². The summed E-state index contributed by atoms with van der Waals surface area (Å²) in [5.41, 5.74) is -7.56.